The second-order valence-corrected chi connectivity index (χ2v) is 13.1. The summed E-state index contributed by atoms with van der Waals surface area (Å²) in [6.45, 7) is 7.33. The summed E-state index contributed by atoms with van der Waals surface area (Å²) >= 11 is 0. The zero-order chi connectivity index (χ0) is 35.0. The largest absolute Gasteiger partial charge is 0.462 e. The second kappa shape index (κ2) is 40.0. The summed E-state index contributed by atoms with van der Waals surface area (Å²) in [5.74, 6) is -0.548. The molecule has 0 radical (unpaired) electrons. The van der Waals surface area contributed by atoms with Gasteiger partial charge in [0.1, 0.15) is 25.9 Å². The van der Waals surface area contributed by atoms with Crippen molar-refractivity contribution >= 4 is 12.1 Å². The summed E-state index contributed by atoms with van der Waals surface area (Å²) in [5.41, 5.74) is 0. The topological polar surface area (TPSA) is 102 Å². The molecule has 0 aliphatic carbocycles. The van der Waals surface area contributed by atoms with Crippen LogP contribution in [-0.2, 0) is 33.2 Å². The molecule has 9 nitrogen and oxygen atoms in total. The first-order valence-corrected chi connectivity index (χ1v) is 20.0. The van der Waals surface area contributed by atoms with Crippen LogP contribution < -0.4 is 5.32 Å². The Balaban J connectivity index is 4.14. The molecule has 0 fully saturated rings. The molecule has 286 valence electrons. The van der Waals surface area contributed by atoms with Crippen LogP contribution in [0.4, 0.5) is 4.79 Å². The molecule has 0 unspecified atom stereocenters. The van der Waals surface area contributed by atoms with E-state index >= 15 is 0 Å². The average Bonchev–Trinajstić information content (AvgIpc) is 3.09. The first kappa shape index (κ1) is 46.6. The van der Waals surface area contributed by atoms with Crippen LogP contribution in [0.5, 0.6) is 0 Å². The Hall–Kier alpha value is -1.42. The lowest BCUT2D eigenvalue weighted by Gasteiger charge is -2.18. The molecule has 0 heterocycles. The van der Waals surface area contributed by atoms with Gasteiger partial charge < -0.3 is 33.7 Å². The molecule has 48 heavy (non-hydrogen) atoms. The number of carbonyl (C=O) groups excluding carboxylic acids is 2. The standard InChI is InChI=1S/C39H77NO8/c1-4-6-8-10-12-14-16-18-20-22-24-26-28-45-35-37(46-29-27-25-23-21-19-17-15-13-11-9-7-5-2)36-48-39(42)40-34-38(41)47-33-32-44-31-30-43-3/h37H,4-36H2,1-3H3,(H,40,42)/t37-/m1/s1. The highest BCUT2D eigenvalue weighted by atomic mass is 16.6. The van der Waals surface area contributed by atoms with Crippen LogP contribution in [0, 0.1) is 0 Å². The highest BCUT2D eigenvalue weighted by Crippen LogP contribution is 2.13. The number of rotatable bonds is 39. The van der Waals surface area contributed by atoms with E-state index in [1.807, 2.05) is 0 Å². The third-order valence-corrected chi connectivity index (χ3v) is 8.50. The van der Waals surface area contributed by atoms with Gasteiger partial charge in [-0.05, 0) is 12.8 Å². The van der Waals surface area contributed by atoms with Crippen molar-refractivity contribution < 1.29 is 38.0 Å². The van der Waals surface area contributed by atoms with Crippen LogP contribution in [0.3, 0.4) is 0 Å². The molecule has 1 N–H and O–H groups in total. The zero-order valence-corrected chi connectivity index (χ0v) is 31.7. The van der Waals surface area contributed by atoms with Crippen molar-refractivity contribution in [2.75, 3.05) is 66.5 Å². The lowest BCUT2D eigenvalue weighted by Crippen LogP contribution is -2.35. The monoisotopic (exact) mass is 688 g/mol. The maximum Gasteiger partial charge on any atom is 0.407 e. The van der Waals surface area contributed by atoms with E-state index in [0.717, 1.165) is 19.3 Å². The number of hydrogen-bond acceptors (Lipinski definition) is 8. The van der Waals surface area contributed by atoms with E-state index in [9.17, 15) is 9.59 Å². The fourth-order valence-corrected chi connectivity index (χ4v) is 5.47. The van der Waals surface area contributed by atoms with E-state index in [2.05, 4.69) is 19.2 Å². The molecule has 1 amide bonds. The van der Waals surface area contributed by atoms with Crippen molar-refractivity contribution in [3.05, 3.63) is 0 Å². The number of carbonyl (C=O) groups is 2. The smallest absolute Gasteiger partial charge is 0.407 e. The molecule has 0 aliphatic heterocycles. The Morgan fingerprint density at radius 3 is 1.44 bits per heavy atom. The number of esters is 1. The first-order chi connectivity index (χ1) is 23.6. The summed E-state index contributed by atoms with van der Waals surface area (Å²) in [5, 5.41) is 2.44. The van der Waals surface area contributed by atoms with Gasteiger partial charge in [0.25, 0.3) is 0 Å². The molecule has 0 spiro atoms. The molecule has 0 aromatic rings. The van der Waals surface area contributed by atoms with E-state index in [1.54, 1.807) is 7.11 Å². The van der Waals surface area contributed by atoms with Crippen LogP contribution in [0.2, 0.25) is 0 Å². The van der Waals surface area contributed by atoms with Gasteiger partial charge >= 0.3 is 12.1 Å². The Labute approximate surface area is 295 Å². The highest BCUT2D eigenvalue weighted by molar-refractivity contribution is 5.77. The number of nitrogens with one attached hydrogen (secondary N) is 1. The number of unbranched alkanes of at least 4 members (excludes halogenated alkanes) is 22. The van der Waals surface area contributed by atoms with E-state index < -0.39 is 12.1 Å². The summed E-state index contributed by atoms with van der Waals surface area (Å²) in [7, 11) is 1.59. The van der Waals surface area contributed by atoms with Crippen LogP contribution in [-0.4, -0.2) is 84.7 Å². The fourth-order valence-electron chi connectivity index (χ4n) is 5.47. The van der Waals surface area contributed by atoms with Gasteiger partial charge in [-0.1, -0.05) is 155 Å². The van der Waals surface area contributed by atoms with E-state index in [4.69, 9.17) is 28.4 Å². The minimum atomic E-state index is -0.678. The van der Waals surface area contributed by atoms with Crippen LogP contribution in [0.15, 0.2) is 0 Å². The fraction of sp³-hybridized carbons (Fsp3) is 0.949. The Morgan fingerprint density at radius 1 is 0.479 bits per heavy atom. The molecule has 0 rings (SSSR count). The molecular formula is C39H77NO8. The average molecular weight is 688 g/mol. The SMILES string of the molecule is CCCCCCCCCCCCCCOC[C@H](COC(=O)NCC(=O)OCCOCCOC)OCCCCCCCCCCCCCC. The number of alkyl carbamates (subject to hydrolysis) is 1. The van der Waals surface area contributed by atoms with Gasteiger partial charge in [0.05, 0.1) is 26.4 Å². The van der Waals surface area contributed by atoms with Crippen molar-refractivity contribution in [2.45, 2.75) is 174 Å². The molecule has 9 heteroatoms. The minimum Gasteiger partial charge on any atom is -0.462 e. The van der Waals surface area contributed by atoms with Crippen molar-refractivity contribution in [3.63, 3.8) is 0 Å². The van der Waals surface area contributed by atoms with Gasteiger partial charge in [-0.2, -0.15) is 0 Å². The summed E-state index contributed by atoms with van der Waals surface area (Å²) in [4.78, 5) is 24.1. The number of hydrogen-bond donors (Lipinski definition) is 1. The van der Waals surface area contributed by atoms with Gasteiger partial charge in [-0.3, -0.25) is 4.79 Å². The molecule has 0 aromatic heterocycles. The maximum atomic E-state index is 12.2. The van der Waals surface area contributed by atoms with Gasteiger partial charge in [0.15, 0.2) is 0 Å². The first-order valence-electron chi connectivity index (χ1n) is 20.0. The second-order valence-electron chi connectivity index (χ2n) is 13.1. The maximum absolute atomic E-state index is 12.2. The summed E-state index contributed by atoms with van der Waals surface area (Å²) < 4.78 is 32.5. The Bertz CT molecular complexity index is 666. The number of methoxy groups -OCH3 is 1. The van der Waals surface area contributed by atoms with Crippen molar-refractivity contribution in [1.29, 1.82) is 0 Å². The molecule has 0 aliphatic rings. The molecule has 0 aromatic carbocycles. The minimum absolute atomic E-state index is 0.0743. The van der Waals surface area contributed by atoms with Crippen LogP contribution in [0.25, 0.3) is 0 Å². The summed E-state index contributed by atoms with van der Waals surface area (Å²) in [6.07, 6.45) is 30.2. The quantitative estimate of drug-likeness (QED) is 0.0504. The van der Waals surface area contributed by atoms with Crippen molar-refractivity contribution in [1.82, 2.24) is 5.32 Å². The summed E-state index contributed by atoms with van der Waals surface area (Å²) in [6, 6.07) is 0. The Kier molecular flexibility index (Phi) is 38.8. The van der Waals surface area contributed by atoms with Crippen molar-refractivity contribution in [3.8, 4) is 0 Å². The number of ether oxygens (including phenoxy) is 6. The Morgan fingerprint density at radius 2 is 0.938 bits per heavy atom. The third-order valence-electron chi connectivity index (χ3n) is 8.50. The van der Waals surface area contributed by atoms with Crippen LogP contribution in [0.1, 0.15) is 168 Å². The van der Waals surface area contributed by atoms with E-state index in [0.29, 0.717) is 33.0 Å². The lowest BCUT2D eigenvalue weighted by molar-refractivity contribution is -0.144. The molecule has 0 saturated carbocycles. The predicted octanol–water partition coefficient (Wildman–Crippen LogP) is 9.72. The van der Waals surface area contributed by atoms with Gasteiger partial charge in [0.2, 0.25) is 0 Å². The number of amides is 1. The third kappa shape index (κ3) is 37.4. The molecule has 0 saturated heterocycles. The molecular weight excluding hydrogens is 610 g/mol. The van der Waals surface area contributed by atoms with E-state index in [1.165, 1.54) is 135 Å². The van der Waals surface area contributed by atoms with Crippen molar-refractivity contribution in [2.24, 2.45) is 0 Å². The zero-order valence-electron chi connectivity index (χ0n) is 31.7. The van der Waals surface area contributed by atoms with Gasteiger partial charge in [0, 0.05) is 20.3 Å². The predicted molar refractivity (Wildman–Crippen MR) is 196 cm³/mol. The normalized spacial score (nSPS) is 11.9. The molecule has 1 atom stereocenters. The highest BCUT2D eigenvalue weighted by Gasteiger charge is 2.14. The lowest BCUT2D eigenvalue weighted by atomic mass is 10.1. The molecule has 0 bridgehead atoms. The van der Waals surface area contributed by atoms with Crippen LogP contribution >= 0.6 is 0 Å². The van der Waals surface area contributed by atoms with Gasteiger partial charge in [-0.15, -0.1) is 0 Å². The van der Waals surface area contributed by atoms with Gasteiger partial charge in [-0.25, -0.2) is 4.79 Å². The van der Waals surface area contributed by atoms with E-state index in [-0.39, 0.29) is 32.5 Å².